The average Bonchev–Trinajstić information content (AvgIpc) is 2.47. The van der Waals surface area contributed by atoms with Gasteiger partial charge in [-0.05, 0) is 6.92 Å². The van der Waals surface area contributed by atoms with E-state index in [0.29, 0.717) is 5.13 Å². The minimum atomic E-state index is 0.0814. The molecule has 2 rings (SSSR count). The van der Waals surface area contributed by atoms with E-state index in [1.54, 1.807) is 0 Å². The van der Waals surface area contributed by atoms with Crippen LogP contribution >= 0.6 is 11.3 Å². The van der Waals surface area contributed by atoms with Crippen molar-refractivity contribution >= 4 is 22.4 Å². The van der Waals surface area contributed by atoms with Crippen molar-refractivity contribution in [3.05, 3.63) is 10.6 Å². The standard InChI is InChI=1S/C8H11N3OS/c1-2-11-4-3-5-6(7(11)12)13-8(9)10-5/h2-4H2,1H3,(H2,9,10). The second-order valence-corrected chi connectivity index (χ2v) is 3.99. The molecule has 0 atom stereocenters. The van der Waals surface area contributed by atoms with Gasteiger partial charge in [-0.25, -0.2) is 4.98 Å². The van der Waals surface area contributed by atoms with Gasteiger partial charge in [-0.1, -0.05) is 11.3 Å². The van der Waals surface area contributed by atoms with Gasteiger partial charge in [0.2, 0.25) is 0 Å². The van der Waals surface area contributed by atoms with Crippen LogP contribution in [0, 0.1) is 0 Å². The summed E-state index contributed by atoms with van der Waals surface area (Å²) < 4.78 is 0. The molecule has 0 fully saturated rings. The number of nitrogens with zero attached hydrogens (tertiary/aromatic N) is 2. The summed E-state index contributed by atoms with van der Waals surface area (Å²) in [7, 11) is 0. The Labute approximate surface area is 80.4 Å². The van der Waals surface area contributed by atoms with Crippen molar-refractivity contribution in [3.8, 4) is 0 Å². The van der Waals surface area contributed by atoms with Gasteiger partial charge in [-0.3, -0.25) is 4.79 Å². The third kappa shape index (κ3) is 1.29. The van der Waals surface area contributed by atoms with E-state index in [-0.39, 0.29) is 5.91 Å². The molecule has 13 heavy (non-hydrogen) atoms. The van der Waals surface area contributed by atoms with E-state index >= 15 is 0 Å². The van der Waals surface area contributed by atoms with Crippen molar-refractivity contribution in [2.24, 2.45) is 0 Å². The summed E-state index contributed by atoms with van der Waals surface area (Å²) in [5.41, 5.74) is 6.42. The van der Waals surface area contributed by atoms with Crippen LogP contribution in [0.15, 0.2) is 0 Å². The second kappa shape index (κ2) is 2.99. The normalized spacial score (nSPS) is 16.1. The number of thiazole rings is 1. The van der Waals surface area contributed by atoms with Crippen LogP contribution in [0.3, 0.4) is 0 Å². The molecule has 2 N–H and O–H groups in total. The molecule has 0 bridgehead atoms. The summed E-state index contributed by atoms with van der Waals surface area (Å²) in [6, 6.07) is 0. The molecule has 70 valence electrons. The highest BCUT2D eigenvalue weighted by Gasteiger charge is 2.26. The molecule has 0 radical (unpaired) electrons. The maximum atomic E-state index is 11.7. The molecule has 0 spiro atoms. The number of aromatic nitrogens is 1. The minimum Gasteiger partial charge on any atom is -0.375 e. The number of nitrogens with two attached hydrogens (primary N) is 1. The van der Waals surface area contributed by atoms with Crippen molar-refractivity contribution < 1.29 is 4.79 Å². The van der Waals surface area contributed by atoms with Gasteiger partial charge < -0.3 is 10.6 Å². The first-order chi connectivity index (χ1) is 6.22. The lowest BCUT2D eigenvalue weighted by Crippen LogP contribution is -2.36. The van der Waals surface area contributed by atoms with E-state index in [1.807, 2.05) is 11.8 Å². The monoisotopic (exact) mass is 197 g/mol. The van der Waals surface area contributed by atoms with Gasteiger partial charge in [0.1, 0.15) is 4.88 Å². The van der Waals surface area contributed by atoms with Crippen molar-refractivity contribution in [1.82, 2.24) is 9.88 Å². The quantitative estimate of drug-likeness (QED) is 0.722. The zero-order valence-corrected chi connectivity index (χ0v) is 8.23. The Bertz CT molecular complexity index is 347. The maximum absolute atomic E-state index is 11.7. The highest BCUT2D eigenvalue weighted by molar-refractivity contribution is 7.17. The summed E-state index contributed by atoms with van der Waals surface area (Å²) >= 11 is 1.29. The van der Waals surface area contributed by atoms with Crippen molar-refractivity contribution in [3.63, 3.8) is 0 Å². The molecule has 0 saturated heterocycles. The summed E-state index contributed by atoms with van der Waals surface area (Å²) in [6.45, 7) is 3.51. The number of hydrogen-bond donors (Lipinski definition) is 1. The van der Waals surface area contributed by atoms with Crippen LogP contribution in [0.5, 0.6) is 0 Å². The van der Waals surface area contributed by atoms with E-state index in [1.165, 1.54) is 11.3 Å². The Balaban J connectivity index is 2.38. The van der Waals surface area contributed by atoms with Crippen LogP contribution in [0.25, 0.3) is 0 Å². The summed E-state index contributed by atoms with van der Waals surface area (Å²) in [6.07, 6.45) is 0.836. The second-order valence-electron chi connectivity index (χ2n) is 2.96. The highest BCUT2D eigenvalue weighted by Crippen LogP contribution is 2.25. The molecule has 1 aromatic heterocycles. The predicted molar refractivity (Wildman–Crippen MR) is 51.8 cm³/mol. The third-order valence-corrected chi connectivity index (χ3v) is 3.11. The number of likely N-dealkylation sites (N-methyl/N-ethyl adjacent to an activating group) is 1. The van der Waals surface area contributed by atoms with Gasteiger partial charge in [-0.2, -0.15) is 0 Å². The number of anilines is 1. The van der Waals surface area contributed by atoms with Gasteiger partial charge in [0, 0.05) is 19.5 Å². The molecule has 2 heterocycles. The average molecular weight is 197 g/mol. The number of carbonyl (C=O) groups excluding carboxylic acids is 1. The number of nitrogen functional groups attached to an aromatic ring is 1. The molecule has 1 aliphatic rings. The Morgan fingerprint density at radius 2 is 2.46 bits per heavy atom. The predicted octanol–water partition coefficient (Wildman–Crippen LogP) is 0.744. The van der Waals surface area contributed by atoms with Crippen LogP contribution in [0.4, 0.5) is 5.13 Å². The molecular weight excluding hydrogens is 186 g/mol. The molecule has 5 heteroatoms. The maximum Gasteiger partial charge on any atom is 0.265 e. The van der Waals surface area contributed by atoms with Crippen molar-refractivity contribution in [2.45, 2.75) is 13.3 Å². The van der Waals surface area contributed by atoms with Gasteiger partial charge in [0.15, 0.2) is 5.13 Å². The summed E-state index contributed by atoms with van der Waals surface area (Å²) in [5, 5.41) is 0.497. The fraction of sp³-hybridized carbons (Fsp3) is 0.500. The topological polar surface area (TPSA) is 59.2 Å². The van der Waals surface area contributed by atoms with Gasteiger partial charge in [0.25, 0.3) is 5.91 Å². The molecule has 0 saturated carbocycles. The molecule has 1 amide bonds. The van der Waals surface area contributed by atoms with E-state index in [0.717, 1.165) is 30.1 Å². The van der Waals surface area contributed by atoms with E-state index in [4.69, 9.17) is 5.73 Å². The fourth-order valence-electron chi connectivity index (χ4n) is 1.49. The van der Waals surface area contributed by atoms with E-state index < -0.39 is 0 Å². The minimum absolute atomic E-state index is 0.0814. The molecule has 0 aliphatic carbocycles. The van der Waals surface area contributed by atoms with E-state index in [2.05, 4.69) is 4.98 Å². The van der Waals surface area contributed by atoms with Gasteiger partial charge in [0.05, 0.1) is 5.69 Å². The number of amides is 1. The molecule has 0 unspecified atom stereocenters. The lowest BCUT2D eigenvalue weighted by atomic mass is 10.2. The Morgan fingerprint density at radius 1 is 1.69 bits per heavy atom. The van der Waals surface area contributed by atoms with Crippen LogP contribution in [0.2, 0.25) is 0 Å². The fourth-order valence-corrected chi connectivity index (χ4v) is 2.34. The molecule has 1 aliphatic heterocycles. The van der Waals surface area contributed by atoms with E-state index in [9.17, 15) is 4.79 Å². The first-order valence-electron chi connectivity index (χ1n) is 4.26. The molecular formula is C8H11N3OS. The number of fused-ring (bicyclic) bond motifs is 1. The van der Waals surface area contributed by atoms with Crippen molar-refractivity contribution in [1.29, 1.82) is 0 Å². The first kappa shape index (κ1) is 8.50. The lowest BCUT2D eigenvalue weighted by molar-refractivity contribution is 0.0753. The summed E-state index contributed by atoms with van der Waals surface area (Å²) in [4.78, 5) is 18.4. The van der Waals surface area contributed by atoms with Crippen molar-refractivity contribution in [2.75, 3.05) is 18.8 Å². The molecule has 1 aromatic rings. The number of carbonyl (C=O) groups is 1. The molecule has 0 aromatic carbocycles. The zero-order valence-electron chi connectivity index (χ0n) is 7.41. The van der Waals surface area contributed by atoms with Crippen LogP contribution in [-0.2, 0) is 6.42 Å². The van der Waals surface area contributed by atoms with Gasteiger partial charge >= 0.3 is 0 Å². The third-order valence-electron chi connectivity index (χ3n) is 2.20. The Hall–Kier alpha value is -1.10. The number of hydrogen-bond acceptors (Lipinski definition) is 4. The Morgan fingerprint density at radius 3 is 3.15 bits per heavy atom. The smallest absolute Gasteiger partial charge is 0.265 e. The van der Waals surface area contributed by atoms with Crippen LogP contribution in [-0.4, -0.2) is 28.9 Å². The number of rotatable bonds is 1. The largest absolute Gasteiger partial charge is 0.375 e. The Kier molecular flexibility index (Phi) is 1.95. The van der Waals surface area contributed by atoms with Gasteiger partial charge in [-0.15, -0.1) is 0 Å². The zero-order chi connectivity index (χ0) is 9.42. The van der Waals surface area contributed by atoms with Crippen LogP contribution < -0.4 is 5.73 Å². The van der Waals surface area contributed by atoms with Crippen LogP contribution in [0.1, 0.15) is 22.3 Å². The first-order valence-corrected chi connectivity index (χ1v) is 5.08. The molecule has 4 nitrogen and oxygen atoms in total. The lowest BCUT2D eigenvalue weighted by Gasteiger charge is -2.23. The highest BCUT2D eigenvalue weighted by atomic mass is 32.1. The SMILES string of the molecule is CCN1CCc2nc(N)sc2C1=O. The summed E-state index contributed by atoms with van der Waals surface area (Å²) in [5.74, 6) is 0.0814.